The number of alkyl halides is 3. The molecule has 7 heteroatoms. The average molecular weight is 351 g/mol. The van der Waals surface area contributed by atoms with E-state index in [9.17, 15) is 13.2 Å². The Bertz CT molecular complexity index is 502. The maximum atomic E-state index is 12.7. The van der Waals surface area contributed by atoms with Crippen LogP contribution in [0.4, 0.5) is 13.2 Å². The molecule has 3 rings (SSSR count). The fourth-order valence-corrected chi connectivity index (χ4v) is 3.41. The highest BCUT2D eigenvalue weighted by molar-refractivity contribution is 5.85. The van der Waals surface area contributed by atoms with Gasteiger partial charge in [0, 0.05) is 37.8 Å². The highest BCUT2D eigenvalue weighted by atomic mass is 35.5. The molecule has 0 aromatic heterocycles. The van der Waals surface area contributed by atoms with E-state index in [1.807, 2.05) is 0 Å². The molecule has 1 atom stereocenters. The molecule has 0 unspecified atom stereocenters. The summed E-state index contributed by atoms with van der Waals surface area (Å²) < 4.78 is 42.3. The standard InChI is InChI=1S/C16H21F3N2O.ClH/c17-16(18,19)22-14-7-2-1-6-13(14)15(12-4-3-5-12)21-10-8-20-9-11-21;/h1-2,6-7,12,15,20H,3-5,8-11H2;1H/t15-;/m0./s1. The SMILES string of the molecule is Cl.FC(F)(F)Oc1ccccc1[C@H](C1CCC1)N1CCNCC1. The number of nitrogens with one attached hydrogen (secondary N) is 1. The number of hydrogen-bond donors (Lipinski definition) is 1. The van der Waals surface area contributed by atoms with Gasteiger partial charge in [-0.15, -0.1) is 25.6 Å². The molecule has 0 amide bonds. The Balaban J connectivity index is 0.00000192. The van der Waals surface area contributed by atoms with Crippen molar-refractivity contribution < 1.29 is 17.9 Å². The van der Waals surface area contributed by atoms with Gasteiger partial charge in [-0.2, -0.15) is 0 Å². The average Bonchev–Trinajstić information content (AvgIpc) is 2.43. The van der Waals surface area contributed by atoms with E-state index in [1.54, 1.807) is 18.2 Å². The largest absolute Gasteiger partial charge is 0.573 e. The maximum Gasteiger partial charge on any atom is 0.573 e. The molecule has 1 saturated carbocycles. The van der Waals surface area contributed by atoms with E-state index in [0.29, 0.717) is 11.5 Å². The summed E-state index contributed by atoms with van der Waals surface area (Å²) in [5, 5.41) is 3.30. The van der Waals surface area contributed by atoms with Crippen molar-refractivity contribution in [1.29, 1.82) is 0 Å². The Hall–Kier alpha value is -0.980. The van der Waals surface area contributed by atoms with Crippen LogP contribution in [-0.2, 0) is 0 Å². The van der Waals surface area contributed by atoms with E-state index in [2.05, 4.69) is 15.0 Å². The minimum Gasteiger partial charge on any atom is -0.405 e. The lowest BCUT2D eigenvalue weighted by Gasteiger charge is -2.43. The first-order valence-corrected chi connectivity index (χ1v) is 7.84. The molecule has 1 N–H and O–H groups in total. The Labute approximate surface area is 140 Å². The van der Waals surface area contributed by atoms with Crippen LogP contribution in [0.25, 0.3) is 0 Å². The van der Waals surface area contributed by atoms with Crippen molar-refractivity contribution in [1.82, 2.24) is 10.2 Å². The molecule has 23 heavy (non-hydrogen) atoms. The summed E-state index contributed by atoms with van der Waals surface area (Å²) in [4.78, 5) is 2.30. The lowest BCUT2D eigenvalue weighted by Crippen LogP contribution is -2.48. The molecule has 0 spiro atoms. The summed E-state index contributed by atoms with van der Waals surface area (Å²) in [5.41, 5.74) is 0.673. The Morgan fingerprint density at radius 3 is 2.35 bits per heavy atom. The third-order valence-electron chi connectivity index (χ3n) is 4.60. The molecular formula is C16H22ClF3N2O. The molecule has 0 bridgehead atoms. The molecule has 3 nitrogen and oxygen atoms in total. The minimum atomic E-state index is -4.65. The second-order valence-corrected chi connectivity index (χ2v) is 6.01. The van der Waals surface area contributed by atoms with Crippen LogP contribution in [0.3, 0.4) is 0 Å². The number of para-hydroxylation sites is 1. The summed E-state index contributed by atoms with van der Waals surface area (Å²) in [6, 6.07) is 6.63. The van der Waals surface area contributed by atoms with Crippen molar-refractivity contribution in [2.24, 2.45) is 5.92 Å². The van der Waals surface area contributed by atoms with Crippen molar-refractivity contribution in [3.63, 3.8) is 0 Å². The first kappa shape index (κ1) is 18.4. The first-order valence-electron chi connectivity index (χ1n) is 7.84. The van der Waals surface area contributed by atoms with Gasteiger partial charge < -0.3 is 10.1 Å². The van der Waals surface area contributed by atoms with Crippen molar-refractivity contribution >= 4 is 12.4 Å². The molecule has 2 fully saturated rings. The molecule has 1 saturated heterocycles. The smallest absolute Gasteiger partial charge is 0.405 e. The van der Waals surface area contributed by atoms with Crippen LogP contribution in [0.2, 0.25) is 0 Å². The van der Waals surface area contributed by atoms with Gasteiger partial charge >= 0.3 is 6.36 Å². The number of hydrogen-bond acceptors (Lipinski definition) is 3. The molecule has 1 aliphatic carbocycles. The van der Waals surface area contributed by atoms with Gasteiger partial charge in [0.1, 0.15) is 5.75 Å². The summed E-state index contributed by atoms with van der Waals surface area (Å²) >= 11 is 0. The number of halogens is 4. The summed E-state index contributed by atoms with van der Waals surface area (Å²) in [6.07, 6.45) is -1.33. The summed E-state index contributed by atoms with van der Waals surface area (Å²) in [6.45, 7) is 3.49. The zero-order valence-corrected chi connectivity index (χ0v) is 13.6. The molecular weight excluding hydrogens is 329 g/mol. The van der Waals surface area contributed by atoms with Gasteiger partial charge in [0.2, 0.25) is 0 Å². The Kier molecular flexibility index (Phi) is 6.17. The topological polar surface area (TPSA) is 24.5 Å². The molecule has 1 heterocycles. The van der Waals surface area contributed by atoms with E-state index in [4.69, 9.17) is 0 Å². The molecule has 2 aliphatic rings. The van der Waals surface area contributed by atoms with Gasteiger partial charge in [-0.25, -0.2) is 0 Å². The van der Waals surface area contributed by atoms with Gasteiger partial charge in [-0.05, 0) is 24.8 Å². The van der Waals surface area contributed by atoms with Crippen LogP contribution in [-0.4, -0.2) is 37.4 Å². The predicted octanol–water partition coefficient (Wildman–Crippen LogP) is 3.75. The number of ether oxygens (including phenoxy) is 1. The van der Waals surface area contributed by atoms with Gasteiger partial charge in [-0.1, -0.05) is 24.6 Å². The van der Waals surface area contributed by atoms with Gasteiger partial charge in [0.05, 0.1) is 0 Å². The molecule has 1 aromatic carbocycles. The molecule has 1 aliphatic heterocycles. The number of benzene rings is 1. The highest BCUT2D eigenvalue weighted by Gasteiger charge is 2.38. The van der Waals surface area contributed by atoms with Crippen molar-refractivity contribution in [2.75, 3.05) is 26.2 Å². The van der Waals surface area contributed by atoms with E-state index in [0.717, 1.165) is 45.4 Å². The van der Waals surface area contributed by atoms with Crippen LogP contribution in [0.5, 0.6) is 5.75 Å². The molecule has 0 radical (unpaired) electrons. The first-order chi connectivity index (χ1) is 10.5. The zero-order valence-electron chi connectivity index (χ0n) is 12.8. The van der Waals surface area contributed by atoms with Crippen LogP contribution >= 0.6 is 12.4 Å². The number of nitrogens with zero attached hydrogens (tertiary/aromatic N) is 1. The van der Waals surface area contributed by atoms with Crippen molar-refractivity contribution in [3.8, 4) is 5.75 Å². The normalized spacial score (nSPS) is 21.2. The lowest BCUT2D eigenvalue weighted by molar-refractivity contribution is -0.275. The monoisotopic (exact) mass is 350 g/mol. The van der Waals surface area contributed by atoms with Crippen molar-refractivity contribution in [3.05, 3.63) is 29.8 Å². The van der Waals surface area contributed by atoms with Crippen LogP contribution in [0, 0.1) is 5.92 Å². The lowest BCUT2D eigenvalue weighted by atomic mass is 9.76. The molecule has 1 aromatic rings. The third-order valence-corrected chi connectivity index (χ3v) is 4.60. The third kappa shape index (κ3) is 4.52. The van der Waals surface area contributed by atoms with E-state index in [-0.39, 0.29) is 24.2 Å². The summed E-state index contributed by atoms with van der Waals surface area (Å²) in [5.74, 6) is 0.376. The van der Waals surface area contributed by atoms with Crippen LogP contribution < -0.4 is 10.1 Å². The highest BCUT2D eigenvalue weighted by Crippen LogP contribution is 2.44. The maximum absolute atomic E-state index is 12.7. The Morgan fingerprint density at radius 2 is 1.78 bits per heavy atom. The van der Waals surface area contributed by atoms with Gasteiger partial charge in [0.25, 0.3) is 0 Å². The molecule has 130 valence electrons. The van der Waals surface area contributed by atoms with E-state index >= 15 is 0 Å². The predicted molar refractivity (Wildman–Crippen MR) is 84.9 cm³/mol. The van der Waals surface area contributed by atoms with E-state index in [1.165, 1.54) is 6.07 Å². The fourth-order valence-electron chi connectivity index (χ4n) is 3.41. The second kappa shape index (κ2) is 7.73. The van der Waals surface area contributed by atoms with Crippen LogP contribution in [0.1, 0.15) is 30.9 Å². The van der Waals surface area contributed by atoms with Crippen LogP contribution in [0.15, 0.2) is 24.3 Å². The van der Waals surface area contributed by atoms with Gasteiger partial charge in [-0.3, -0.25) is 4.90 Å². The minimum absolute atomic E-state index is 0. The quantitative estimate of drug-likeness (QED) is 0.895. The van der Waals surface area contributed by atoms with E-state index < -0.39 is 6.36 Å². The summed E-state index contributed by atoms with van der Waals surface area (Å²) in [7, 11) is 0. The second-order valence-electron chi connectivity index (χ2n) is 6.01. The fraction of sp³-hybridized carbons (Fsp3) is 0.625. The van der Waals surface area contributed by atoms with Crippen molar-refractivity contribution in [2.45, 2.75) is 31.7 Å². The zero-order chi connectivity index (χ0) is 15.6. The number of piperazine rings is 1. The Morgan fingerprint density at radius 1 is 1.13 bits per heavy atom. The number of rotatable bonds is 4. The van der Waals surface area contributed by atoms with Gasteiger partial charge in [0.15, 0.2) is 0 Å².